The number of nitrogens with zero attached hydrogens (tertiary/aromatic N) is 2. The quantitative estimate of drug-likeness (QED) is 0.813. The van der Waals surface area contributed by atoms with Crippen LogP contribution in [-0.4, -0.2) is 22.6 Å². The topological polar surface area (TPSA) is 29.9 Å². The van der Waals surface area contributed by atoms with E-state index in [1.54, 1.807) is 0 Å². The lowest BCUT2D eigenvalue weighted by molar-refractivity contribution is 0.645. The van der Waals surface area contributed by atoms with Crippen molar-refractivity contribution in [1.82, 2.24) is 15.1 Å². The van der Waals surface area contributed by atoms with Crippen molar-refractivity contribution in [2.45, 2.75) is 24.4 Å². The van der Waals surface area contributed by atoms with Crippen LogP contribution in [0, 0.1) is 0 Å². The molecule has 1 aromatic heterocycles. The molecule has 0 radical (unpaired) electrons. The standard InChI is InChI=1S/C14H18BrN3S/c1-3-18-9-11(8-17-18)14(16-2)10-19-13-6-4-12(15)5-7-13/h4-9,14,16H,3,10H2,1-2H3. The summed E-state index contributed by atoms with van der Waals surface area (Å²) in [7, 11) is 2.00. The number of nitrogens with one attached hydrogen (secondary N) is 1. The minimum atomic E-state index is 0.328. The summed E-state index contributed by atoms with van der Waals surface area (Å²) in [4.78, 5) is 1.28. The lowest BCUT2D eigenvalue weighted by Gasteiger charge is -2.13. The Hall–Kier alpha value is -0.780. The van der Waals surface area contributed by atoms with E-state index in [0.29, 0.717) is 6.04 Å². The normalized spacial score (nSPS) is 12.6. The average molecular weight is 340 g/mol. The minimum absolute atomic E-state index is 0.328. The molecule has 0 spiro atoms. The molecule has 0 saturated heterocycles. The van der Waals surface area contributed by atoms with Gasteiger partial charge in [-0.25, -0.2) is 0 Å². The van der Waals surface area contributed by atoms with E-state index < -0.39 is 0 Å². The maximum absolute atomic E-state index is 4.33. The maximum Gasteiger partial charge on any atom is 0.0537 e. The SMILES string of the molecule is CCn1cc(C(CSc2ccc(Br)cc2)NC)cn1. The maximum atomic E-state index is 4.33. The first-order valence-corrected chi connectivity index (χ1v) is 8.08. The number of benzene rings is 1. The lowest BCUT2D eigenvalue weighted by atomic mass is 10.2. The van der Waals surface area contributed by atoms with Crippen molar-refractivity contribution in [3.05, 3.63) is 46.7 Å². The van der Waals surface area contributed by atoms with E-state index in [1.807, 2.05) is 29.7 Å². The van der Waals surface area contributed by atoms with Crippen molar-refractivity contribution in [2.75, 3.05) is 12.8 Å². The summed E-state index contributed by atoms with van der Waals surface area (Å²) in [5, 5.41) is 7.69. The monoisotopic (exact) mass is 339 g/mol. The highest BCUT2D eigenvalue weighted by Crippen LogP contribution is 2.25. The fraction of sp³-hybridized carbons (Fsp3) is 0.357. The Kier molecular flexibility index (Phi) is 5.48. The molecule has 2 rings (SSSR count). The van der Waals surface area contributed by atoms with Gasteiger partial charge in [-0.2, -0.15) is 5.10 Å². The summed E-state index contributed by atoms with van der Waals surface area (Å²) >= 11 is 5.31. The fourth-order valence-electron chi connectivity index (χ4n) is 1.79. The summed E-state index contributed by atoms with van der Waals surface area (Å²) < 4.78 is 3.08. The Morgan fingerprint density at radius 3 is 2.68 bits per heavy atom. The van der Waals surface area contributed by atoms with Crippen LogP contribution >= 0.6 is 27.7 Å². The van der Waals surface area contributed by atoms with Gasteiger partial charge in [0, 0.05) is 39.5 Å². The molecule has 0 saturated carbocycles. The highest BCUT2D eigenvalue weighted by molar-refractivity contribution is 9.10. The molecule has 0 bridgehead atoms. The Morgan fingerprint density at radius 2 is 2.11 bits per heavy atom. The van der Waals surface area contributed by atoms with Crippen LogP contribution in [0.1, 0.15) is 18.5 Å². The van der Waals surface area contributed by atoms with Crippen molar-refractivity contribution in [3.8, 4) is 0 Å². The van der Waals surface area contributed by atoms with Crippen LogP contribution in [0.2, 0.25) is 0 Å². The predicted octanol–water partition coefficient (Wildman–Crippen LogP) is 3.72. The van der Waals surface area contributed by atoms with Crippen LogP contribution in [0.4, 0.5) is 0 Å². The highest BCUT2D eigenvalue weighted by Gasteiger charge is 2.11. The molecule has 1 heterocycles. The van der Waals surface area contributed by atoms with Gasteiger partial charge in [-0.1, -0.05) is 15.9 Å². The molecule has 19 heavy (non-hydrogen) atoms. The summed E-state index contributed by atoms with van der Waals surface area (Å²) in [6.45, 7) is 3.01. The number of aromatic nitrogens is 2. The molecule has 0 aliphatic carbocycles. The third-order valence-corrected chi connectivity index (χ3v) is 4.59. The number of rotatable bonds is 6. The van der Waals surface area contributed by atoms with Gasteiger partial charge in [0.15, 0.2) is 0 Å². The van der Waals surface area contributed by atoms with Gasteiger partial charge in [-0.05, 0) is 38.2 Å². The van der Waals surface area contributed by atoms with Crippen LogP contribution in [-0.2, 0) is 6.54 Å². The number of aryl methyl sites for hydroxylation is 1. The number of thioether (sulfide) groups is 1. The second kappa shape index (κ2) is 7.12. The summed E-state index contributed by atoms with van der Waals surface area (Å²) in [5.74, 6) is 0.994. The van der Waals surface area contributed by atoms with E-state index in [2.05, 4.69) is 63.7 Å². The summed E-state index contributed by atoms with van der Waals surface area (Å²) in [5.41, 5.74) is 1.24. The Balaban J connectivity index is 1.97. The van der Waals surface area contributed by atoms with E-state index in [1.165, 1.54) is 10.5 Å². The second-order valence-corrected chi connectivity index (χ2v) is 6.24. The Morgan fingerprint density at radius 1 is 1.37 bits per heavy atom. The average Bonchev–Trinajstić information content (AvgIpc) is 2.90. The molecule has 1 aromatic carbocycles. The number of halogens is 1. The van der Waals surface area contributed by atoms with Gasteiger partial charge < -0.3 is 5.32 Å². The van der Waals surface area contributed by atoms with Gasteiger partial charge in [0.1, 0.15) is 0 Å². The van der Waals surface area contributed by atoms with Crippen molar-refractivity contribution in [1.29, 1.82) is 0 Å². The van der Waals surface area contributed by atoms with Crippen molar-refractivity contribution in [3.63, 3.8) is 0 Å². The van der Waals surface area contributed by atoms with E-state index >= 15 is 0 Å². The van der Waals surface area contributed by atoms with Gasteiger partial charge >= 0.3 is 0 Å². The van der Waals surface area contributed by atoms with E-state index in [-0.39, 0.29) is 0 Å². The summed E-state index contributed by atoms with van der Waals surface area (Å²) in [6.07, 6.45) is 4.07. The van der Waals surface area contributed by atoms with Gasteiger partial charge in [-0.3, -0.25) is 4.68 Å². The molecular formula is C14H18BrN3S. The predicted molar refractivity (Wildman–Crippen MR) is 84.6 cm³/mol. The van der Waals surface area contributed by atoms with E-state index in [0.717, 1.165) is 16.8 Å². The van der Waals surface area contributed by atoms with Gasteiger partial charge in [0.2, 0.25) is 0 Å². The first-order valence-electron chi connectivity index (χ1n) is 6.31. The smallest absolute Gasteiger partial charge is 0.0537 e. The molecule has 5 heteroatoms. The number of hydrogen-bond acceptors (Lipinski definition) is 3. The number of hydrogen-bond donors (Lipinski definition) is 1. The molecule has 3 nitrogen and oxygen atoms in total. The molecule has 0 aliphatic heterocycles. The molecular weight excluding hydrogens is 322 g/mol. The molecule has 0 amide bonds. The van der Waals surface area contributed by atoms with Crippen LogP contribution in [0.5, 0.6) is 0 Å². The first-order chi connectivity index (χ1) is 9.22. The third kappa shape index (κ3) is 4.09. The zero-order valence-corrected chi connectivity index (χ0v) is 13.5. The van der Waals surface area contributed by atoms with Gasteiger partial charge in [0.25, 0.3) is 0 Å². The zero-order valence-electron chi connectivity index (χ0n) is 11.1. The minimum Gasteiger partial charge on any atom is -0.312 e. The zero-order chi connectivity index (χ0) is 13.7. The molecule has 102 valence electrons. The van der Waals surface area contributed by atoms with Crippen LogP contribution in [0.15, 0.2) is 46.0 Å². The Labute approximate surface area is 126 Å². The van der Waals surface area contributed by atoms with Crippen molar-refractivity contribution < 1.29 is 0 Å². The third-order valence-electron chi connectivity index (χ3n) is 2.96. The molecule has 1 N–H and O–H groups in total. The molecule has 0 fully saturated rings. The second-order valence-electron chi connectivity index (χ2n) is 4.24. The first kappa shape index (κ1) is 14.6. The van der Waals surface area contributed by atoms with Crippen LogP contribution in [0.3, 0.4) is 0 Å². The molecule has 0 aliphatic rings. The van der Waals surface area contributed by atoms with Gasteiger partial charge in [0.05, 0.1) is 6.20 Å². The lowest BCUT2D eigenvalue weighted by Crippen LogP contribution is -2.18. The van der Waals surface area contributed by atoms with Crippen LogP contribution in [0.25, 0.3) is 0 Å². The van der Waals surface area contributed by atoms with Gasteiger partial charge in [-0.15, -0.1) is 11.8 Å². The van der Waals surface area contributed by atoms with Crippen molar-refractivity contribution in [2.24, 2.45) is 0 Å². The fourth-order valence-corrected chi connectivity index (χ4v) is 3.10. The molecule has 2 aromatic rings. The van der Waals surface area contributed by atoms with E-state index in [9.17, 15) is 0 Å². The summed E-state index contributed by atoms with van der Waals surface area (Å²) in [6, 6.07) is 8.75. The largest absolute Gasteiger partial charge is 0.312 e. The Bertz CT molecular complexity index is 510. The van der Waals surface area contributed by atoms with E-state index in [4.69, 9.17) is 0 Å². The van der Waals surface area contributed by atoms with Crippen molar-refractivity contribution >= 4 is 27.7 Å². The van der Waals surface area contributed by atoms with Crippen LogP contribution < -0.4 is 5.32 Å². The highest BCUT2D eigenvalue weighted by atomic mass is 79.9. The molecule has 1 atom stereocenters. The molecule has 1 unspecified atom stereocenters.